The standard InChI is InChI=1S/C19H19N3O2/c1-22(13-14-7-3-2-4-8-14)18(23)12-11-17-20-16-10-6-5-9-15(16)19(24)21-17/h2-10H,11-13H2,1H3,(H,20,21,24). The zero-order chi connectivity index (χ0) is 16.9. The van der Waals surface area contributed by atoms with Crippen LogP contribution in [0.1, 0.15) is 17.8 Å². The van der Waals surface area contributed by atoms with Gasteiger partial charge in [0.25, 0.3) is 5.56 Å². The number of H-pyrrole nitrogens is 1. The van der Waals surface area contributed by atoms with Gasteiger partial charge in [0.15, 0.2) is 0 Å². The Morgan fingerprint density at radius 1 is 1.08 bits per heavy atom. The van der Waals surface area contributed by atoms with Gasteiger partial charge in [-0.2, -0.15) is 0 Å². The number of carbonyl (C=O) groups excluding carboxylic acids is 1. The van der Waals surface area contributed by atoms with E-state index in [1.165, 1.54) is 0 Å². The summed E-state index contributed by atoms with van der Waals surface area (Å²) in [6.45, 7) is 0.571. The highest BCUT2D eigenvalue weighted by atomic mass is 16.2. The lowest BCUT2D eigenvalue weighted by Crippen LogP contribution is -2.26. The quantitative estimate of drug-likeness (QED) is 0.785. The Morgan fingerprint density at radius 3 is 2.58 bits per heavy atom. The Bertz CT molecular complexity index is 903. The number of aromatic amines is 1. The molecule has 3 aromatic rings. The highest BCUT2D eigenvalue weighted by molar-refractivity contribution is 5.78. The summed E-state index contributed by atoms with van der Waals surface area (Å²) < 4.78 is 0. The number of hydrogen-bond acceptors (Lipinski definition) is 3. The highest BCUT2D eigenvalue weighted by Crippen LogP contribution is 2.08. The fraction of sp³-hybridized carbons (Fsp3) is 0.211. The molecule has 0 aliphatic carbocycles. The number of carbonyl (C=O) groups is 1. The molecule has 0 bridgehead atoms. The Kier molecular flexibility index (Phi) is 4.70. The SMILES string of the molecule is CN(Cc1ccccc1)C(=O)CCc1nc2ccccc2c(=O)[nH]1. The largest absolute Gasteiger partial charge is 0.341 e. The van der Waals surface area contributed by atoms with E-state index in [9.17, 15) is 9.59 Å². The van der Waals surface area contributed by atoms with Gasteiger partial charge >= 0.3 is 0 Å². The molecule has 5 nitrogen and oxygen atoms in total. The predicted octanol–water partition coefficient (Wildman–Crippen LogP) is 2.51. The van der Waals surface area contributed by atoms with Crippen LogP contribution in [0.2, 0.25) is 0 Å². The number of hydrogen-bond donors (Lipinski definition) is 1. The lowest BCUT2D eigenvalue weighted by Gasteiger charge is -2.17. The molecule has 0 unspecified atom stereocenters. The van der Waals surface area contributed by atoms with Crippen molar-refractivity contribution in [2.45, 2.75) is 19.4 Å². The summed E-state index contributed by atoms with van der Waals surface area (Å²) in [5.74, 6) is 0.565. The van der Waals surface area contributed by atoms with Gasteiger partial charge in [0.05, 0.1) is 10.9 Å². The number of aryl methyl sites for hydroxylation is 1. The number of nitrogens with zero attached hydrogens (tertiary/aromatic N) is 2. The lowest BCUT2D eigenvalue weighted by molar-refractivity contribution is -0.130. The molecule has 0 spiro atoms. The molecule has 0 aliphatic rings. The van der Waals surface area contributed by atoms with Crippen LogP contribution < -0.4 is 5.56 Å². The van der Waals surface area contributed by atoms with E-state index in [2.05, 4.69) is 9.97 Å². The van der Waals surface area contributed by atoms with E-state index in [0.717, 1.165) is 5.56 Å². The first-order chi connectivity index (χ1) is 11.6. The van der Waals surface area contributed by atoms with Crippen LogP contribution in [0.3, 0.4) is 0 Å². The highest BCUT2D eigenvalue weighted by Gasteiger charge is 2.11. The Morgan fingerprint density at radius 2 is 1.79 bits per heavy atom. The normalized spacial score (nSPS) is 10.7. The molecule has 2 aromatic carbocycles. The molecule has 3 rings (SSSR count). The maximum atomic E-state index is 12.3. The van der Waals surface area contributed by atoms with E-state index in [4.69, 9.17) is 0 Å². The third kappa shape index (κ3) is 3.68. The van der Waals surface area contributed by atoms with Crippen molar-refractivity contribution in [3.05, 3.63) is 76.3 Å². The average Bonchev–Trinajstić information content (AvgIpc) is 2.60. The molecular weight excluding hydrogens is 302 g/mol. The smallest absolute Gasteiger partial charge is 0.258 e. The Labute approximate surface area is 140 Å². The molecule has 1 aromatic heterocycles. The van der Waals surface area contributed by atoms with Gasteiger partial charge in [-0.15, -0.1) is 0 Å². The summed E-state index contributed by atoms with van der Waals surface area (Å²) in [5.41, 5.74) is 1.58. The summed E-state index contributed by atoms with van der Waals surface area (Å²) in [6.07, 6.45) is 0.725. The molecule has 0 radical (unpaired) electrons. The van der Waals surface area contributed by atoms with Gasteiger partial charge in [-0.05, 0) is 17.7 Å². The predicted molar refractivity (Wildman–Crippen MR) is 93.6 cm³/mol. The molecule has 122 valence electrons. The van der Waals surface area contributed by atoms with E-state index in [-0.39, 0.29) is 11.5 Å². The first kappa shape index (κ1) is 15.9. The van der Waals surface area contributed by atoms with E-state index in [1.54, 1.807) is 30.1 Å². The van der Waals surface area contributed by atoms with Crippen molar-refractivity contribution in [1.29, 1.82) is 0 Å². The van der Waals surface area contributed by atoms with E-state index in [0.29, 0.717) is 36.1 Å². The van der Waals surface area contributed by atoms with E-state index < -0.39 is 0 Å². The first-order valence-electron chi connectivity index (χ1n) is 7.89. The van der Waals surface area contributed by atoms with Gasteiger partial charge in [-0.25, -0.2) is 4.98 Å². The maximum absolute atomic E-state index is 12.3. The van der Waals surface area contributed by atoms with E-state index >= 15 is 0 Å². The molecule has 1 amide bonds. The van der Waals surface area contributed by atoms with Crippen LogP contribution in [0.4, 0.5) is 0 Å². The second-order valence-electron chi connectivity index (χ2n) is 5.77. The van der Waals surface area contributed by atoms with Crippen LogP contribution in [-0.2, 0) is 17.8 Å². The second kappa shape index (κ2) is 7.08. The molecule has 0 saturated carbocycles. The minimum absolute atomic E-state index is 0.0228. The zero-order valence-corrected chi connectivity index (χ0v) is 13.5. The van der Waals surface area contributed by atoms with Crippen molar-refractivity contribution in [2.24, 2.45) is 0 Å². The number of amides is 1. The molecule has 0 fully saturated rings. The molecule has 1 heterocycles. The monoisotopic (exact) mass is 321 g/mol. The average molecular weight is 321 g/mol. The molecule has 0 atom stereocenters. The zero-order valence-electron chi connectivity index (χ0n) is 13.5. The van der Waals surface area contributed by atoms with Crippen molar-refractivity contribution >= 4 is 16.8 Å². The summed E-state index contributed by atoms with van der Waals surface area (Å²) in [4.78, 5) is 33.2. The fourth-order valence-electron chi connectivity index (χ4n) is 2.61. The number of fused-ring (bicyclic) bond motifs is 1. The van der Waals surface area contributed by atoms with Crippen molar-refractivity contribution in [3.63, 3.8) is 0 Å². The van der Waals surface area contributed by atoms with Gasteiger partial charge < -0.3 is 9.88 Å². The molecule has 0 aliphatic heterocycles. The molecule has 24 heavy (non-hydrogen) atoms. The summed E-state index contributed by atoms with van der Waals surface area (Å²) in [6, 6.07) is 17.0. The number of benzene rings is 2. The number of para-hydroxylation sites is 1. The number of nitrogens with one attached hydrogen (secondary N) is 1. The second-order valence-corrected chi connectivity index (χ2v) is 5.77. The summed E-state index contributed by atoms with van der Waals surface area (Å²) >= 11 is 0. The van der Waals surface area contributed by atoms with Gasteiger partial charge in [0, 0.05) is 26.4 Å². The number of rotatable bonds is 5. The Balaban J connectivity index is 1.65. The molecule has 0 saturated heterocycles. The number of aromatic nitrogens is 2. The third-order valence-electron chi connectivity index (χ3n) is 3.93. The molecule has 5 heteroatoms. The van der Waals surface area contributed by atoms with Crippen molar-refractivity contribution < 1.29 is 4.79 Å². The minimum atomic E-state index is -0.166. The van der Waals surface area contributed by atoms with Crippen LogP contribution in [0.5, 0.6) is 0 Å². The van der Waals surface area contributed by atoms with Crippen molar-refractivity contribution in [3.8, 4) is 0 Å². The van der Waals surface area contributed by atoms with Crippen LogP contribution in [0, 0.1) is 0 Å². The van der Waals surface area contributed by atoms with Gasteiger partial charge in [-0.1, -0.05) is 42.5 Å². The maximum Gasteiger partial charge on any atom is 0.258 e. The van der Waals surface area contributed by atoms with Crippen LogP contribution in [0.25, 0.3) is 10.9 Å². The fourth-order valence-corrected chi connectivity index (χ4v) is 2.61. The molecular formula is C19H19N3O2. The minimum Gasteiger partial charge on any atom is -0.341 e. The van der Waals surface area contributed by atoms with E-state index in [1.807, 2.05) is 36.4 Å². The van der Waals surface area contributed by atoms with Crippen LogP contribution >= 0.6 is 0 Å². The lowest BCUT2D eigenvalue weighted by atomic mass is 10.2. The summed E-state index contributed by atoms with van der Waals surface area (Å²) in [7, 11) is 1.78. The van der Waals surface area contributed by atoms with Crippen LogP contribution in [0.15, 0.2) is 59.4 Å². The van der Waals surface area contributed by atoms with Gasteiger partial charge in [-0.3, -0.25) is 9.59 Å². The van der Waals surface area contributed by atoms with Crippen molar-refractivity contribution in [1.82, 2.24) is 14.9 Å². The first-order valence-corrected chi connectivity index (χ1v) is 7.89. The van der Waals surface area contributed by atoms with Crippen LogP contribution in [-0.4, -0.2) is 27.8 Å². The van der Waals surface area contributed by atoms with Crippen molar-refractivity contribution in [2.75, 3.05) is 7.05 Å². The van der Waals surface area contributed by atoms with Gasteiger partial charge in [0.2, 0.25) is 5.91 Å². The molecule has 1 N–H and O–H groups in total. The topological polar surface area (TPSA) is 66.1 Å². The summed E-state index contributed by atoms with van der Waals surface area (Å²) in [5, 5.41) is 0.564. The van der Waals surface area contributed by atoms with Gasteiger partial charge in [0.1, 0.15) is 5.82 Å². The third-order valence-corrected chi connectivity index (χ3v) is 3.93. The Hall–Kier alpha value is -2.95.